The lowest BCUT2D eigenvalue weighted by Gasteiger charge is -2.20. The SMILES string of the molecule is CCCS(=O)(=O)c1ccccc1SC(C)C(=O)N(C)CC(=O)O. The van der Waals surface area contributed by atoms with Gasteiger partial charge in [-0.2, -0.15) is 0 Å². The van der Waals surface area contributed by atoms with Gasteiger partial charge in [0.25, 0.3) is 0 Å². The highest BCUT2D eigenvalue weighted by Gasteiger charge is 2.24. The summed E-state index contributed by atoms with van der Waals surface area (Å²) in [5.74, 6) is -1.41. The summed E-state index contributed by atoms with van der Waals surface area (Å²) in [6.07, 6.45) is 0.511. The third-order valence-corrected chi connectivity index (χ3v) is 6.32. The van der Waals surface area contributed by atoms with E-state index in [-0.39, 0.29) is 23.1 Å². The summed E-state index contributed by atoms with van der Waals surface area (Å²) in [5.41, 5.74) is 0. The summed E-state index contributed by atoms with van der Waals surface area (Å²) in [7, 11) is -1.98. The normalized spacial score (nSPS) is 12.7. The molecule has 1 rings (SSSR count). The van der Waals surface area contributed by atoms with E-state index in [1.54, 1.807) is 32.0 Å². The van der Waals surface area contributed by atoms with Crippen LogP contribution in [-0.2, 0) is 19.4 Å². The summed E-state index contributed by atoms with van der Waals surface area (Å²) < 4.78 is 24.6. The number of amides is 1. The highest BCUT2D eigenvalue weighted by molar-refractivity contribution is 8.01. The van der Waals surface area contributed by atoms with Crippen LogP contribution in [0.2, 0.25) is 0 Å². The number of aliphatic carboxylic acids is 1. The first-order valence-corrected chi connectivity index (χ1v) is 9.67. The molecule has 0 fully saturated rings. The van der Waals surface area contributed by atoms with Gasteiger partial charge in [0, 0.05) is 11.9 Å². The Bertz CT molecular complexity index is 672. The fourth-order valence-corrected chi connectivity index (χ4v) is 4.96. The lowest BCUT2D eigenvalue weighted by molar-refractivity contribution is -0.143. The van der Waals surface area contributed by atoms with E-state index in [9.17, 15) is 18.0 Å². The first kappa shape index (κ1) is 19.5. The zero-order valence-electron chi connectivity index (χ0n) is 13.4. The Morgan fingerprint density at radius 1 is 1.30 bits per heavy atom. The number of carbonyl (C=O) groups is 2. The largest absolute Gasteiger partial charge is 0.480 e. The molecule has 6 nitrogen and oxygen atoms in total. The zero-order chi connectivity index (χ0) is 17.6. The topological polar surface area (TPSA) is 91.8 Å². The van der Waals surface area contributed by atoms with Crippen molar-refractivity contribution in [1.82, 2.24) is 4.90 Å². The van der Waals surface area contributed by atoms with Crippen LogP contribution in [-0.4, -0.2) is 54.9 Å². The van der Waals surface area contributed by atoms with Crippen LogP contribution in [0.3, 0.4) is 0 Å². The fourth-order valence-electron chi connectivity index (χ4n) is 2.02. The number of thioether (sulfide) groups is 1. The zero-order valence-corrected chi connectivity index (χ0v) is 15.0. The molecule has 1 atom stereocenters. The number of sulfone groups is 1. The van der Waals surface area contributed by atoms with Crippen molar-refractivity contribution in [3.05, 3.63) is 24.3 Å². The van der Waals surface area contributed by atoms with Crippen molar-refractivity contribution in [3.8, 4) is 0 Å². The number of carbonyl (C=O) groups excluding carboxylic acids is 1. The van der Waals surface area contributed by atoms with Gasteiger partial charge in [0.05, 0.1) is 15.9 Å². The van der Waals surface area contributed by atoms with Crippen LogP contribution in [0.5, 0.6) is 0 Å². The van der Waals surface area contributed by atoms with Crippen LogP contribution in [0.4, 0.5) is 0 Å². The van der Waals surface area contributed by atoms with Crippen LogP contribution in [0, 0.1) is 0 Å². The molecule has 0 radical (unpaired) electrons. The number of carboxylic acids is 1. The second kappa shape index (κ2) is 8.35. The molecule has 1 amide bonds. The van der Waals surface area contributed by atoms with Crippen LogP contribution in [0.15, 0.2) is 34.1 Å². The molecule has 0 spiro atoms. The van der Waals surface area contributed by atoms with Gasteiger partial charge in [-0.15, -0.1) is 11.8 Å². The minimum atomic E-state index is -3.39. The molecule has 0 aromatic heterocycles. The van der Waals surface area contributed by atoms with Gasteiger partial charge in [-0.25, -0.2) is 8.42 Å². The highest BCUT2D eigenvalue weighted by Crippen LogP contribution is 2.31. The first-order chi connectivity index (χ1) is 10.7. The summed E-state index contributed by atoms with van der Waals surface area (Å²) in [4.78, 5) is 24.7. The van der Waals surface area contributed by atoms with Crippen molar-refractivity contribution in [2.24, 2.45) is 0 Å². The van der Waals surface area contributed by atoms with Crippen molar-refractivity contribution in [2.75, 3.05) is 19.3 Å². The maximum atomic E-state index is 12.3. The van der Waals surface area contributed by atoms with Crippen LogP contribution < -0.4 is 0 Å². The van der Waals surface area contributed by atoms with Crippen LogP contribution in [0.1, 0.15) is 20.3 Å². The molecule has 1 N–H and O–H groups in total. The Balaban J connectivity index is 2.97. The fraction of sp³-hybridized carbons (Fsp3) is 0.467. The summed E-state index contributed by atoms with van der Waals surface area (Å²) in [6.45, 7) is 3.04. The molecular formula is C15H21NO5S2. The van der Waals surface area contributed by atoms with Gasteiger partial charge in [-0.3, -0.25) is 9.59 Å². The van der Waals surface area contributed by atoms with Gasteiger partial charge >= 0.3 is 5.97 Å². The molecule has 1 aromatic rings. The first-order valence-electron chi connectivity index (χ1n) is 7.14. The molecule has 0 heterocycles. The molecule has 0 aliphatic rings. The van der Waals surface area contributed by atoms with Crippen molar-refractivity contribution in [2.45, 2.75) is 35.3 Å². The van der Waals surface area contributed by atoms with Crippen LogP contribution >= 0.6 is 11.8 Å². The van der Waals surface area contributed by atoms with Gasteiger partial charge in [0.15, 0.2) is 9.84 Å². The van der Waals surface area contributed by atoms with Crippen molar-refractivity contribution in [1.29, 1.82) is 0 Å². The minimum absolute atomic E-state index is 0.0474. The standard InChI is InChI=1S/C15H21NO5S2/c1-4-9-23(20,21)13-8-6-5-7-12(13)22-11(2)15(19)16(3)10-14(17)18/h5-8,11H,4,9-10H2,1-3H3,(H,17,18). The molecule has 128 valence electrons. The van der Waals surface area contributed by atoms with Gasteiger partial charge < -0.3 is 10.0 Å². The smallest absolute Gasteiger partial charge is 0.323 e. The maximum absolute atomic E-state index is 12.3. The van der Waals surface area contributed by atoms with E-state index < -0.39 is 21.1 Å². The Labute approximate surface area is 140 Å². The second-order valence-electron chi connectivity index (χ2n) is 5.11. The predicted octanol–water partition coefficient (Wildman–Crippen LogP) is 1.89. The molecule has 0 saturated carbocycles. The van der Waals surface area contributed by atoms with E-state index >= 15 is 0 Å². The Morgan fingerprint density at radius 2 is 1.91 bits per heavy atom. The number of rotatable bonds is 8. The third kappa shape index (κ3) is 5.54. The third-order valence-electron chi connectivity index (χ3n) is 3.06. The van der Waals surface area contributed by atoms with Gasteiger partial charge in [-0.05, 0) is 25.5 Å². The highest BCUT2D eigenvalue weighted by atomic mass is 32.2. The lowest BCUT2D eigenvalue weighted by Crippen LogP contribution is -2.36. The van der Waals surface area contributed by atoms with Crippen molar-refractivity contribution < 1.29 is 23.1 Å². The average molecular weight is 359 g/mol. The lowest BCUT2D eigenvalue weighted by atomic mass is 10.4. The summed E-state index contributed by atoms with van der Waals surface area (Å²) in [5, 5.41) is 8.15. The second-order valence-corrected chi connectivity index (χ2v) is 8.57. The van der Waals surface area contributed by atoms with E-state index in [1.165, 1.54) is 13.1 Å². The van der Waals surface area contributed by atoms with E-state index in [1.807, 2.05) is 0 Å². The molecule has 0 bridgehead atoms. The summed E-state index contributed by atoms with van der Waals surface area (Å²) in [6, 6.07) is 6.56. The molecule has 0 aliphatic heterocycles. The number of carboxylic acid groups (broad SMARTS) is 1. The van der Waals surface area contributed by atoms with Crippen molar-refractivity contribution in [3.63, 3.8) is 0 Å². The molecule has 1 unspecified atom stereocenters. The average Bonchev–Trinajstić information content (AvgIpc) is 2.46. The Kier molecular flexibility index (Phi) is 7.08. The minimum Gasteiger partial charge on any atom is -0.480 e. The quantitative estimate of drug-likeness (QED) is 0.713. The molecule has 1 aromatic carbocycles. The molecule has 0 aliphatic carbocycles. The van der Waals surface area contributed by atoms with E-state index in [4.69, 9.17) is 5.11 Å². The van der Waals surface area contributed by atoms with Crippen LogP contribution in [0.25, 0.3) is 0 Å². The van der Waals surface area contributed by atoms with Crippen molar-refractivity contribution >= 4 is 33.5 Å². The monoisotopic (exact) mass is 359 g/mol. The summed E-state index contributed by atoms with van der Waals surface area (Å²) >= 11 is 1.12. The Hall–Kier alpha value is -1.54. The van der Waals surface area contributed by atoms with Gasteiger partial charge in [-0.1, -0.05) is 19.1 Å². The molecule has 8 heteroatoms. The predicted molar refractivity (Wildman–Crippen MR) is 89.4 cm³/mol. The van der Waals surface area contributed by atoms with E-state index in [0.29, 0.717) is 11.3 Å². The van der Waals surface area contributed by atoms with E-state index in [2.05, 4.69) is 0 Å². The Morgan fingerprint density at radius 3 is 2.48 bits per heavy atom. The number of nitrogens with zero attached hydrogens (tertiary/aromatic N) is 1. The van der Waals surface area contributed by atoms with Gasteiger partial charge in [0.2, 0.25) is 5.91 Å². The number of hydrogen-bond donors (Lipinski definition) is 1. The van der Waals surface area contributed by atoms with E-state index in [0.717, 1.165) is 16.7 Å². The molecular weight excluding hydrogens is 338 g/mol. The molecule has 0 saturated heterocycles. The molecule has 23 heavy (non-hydrogen) atoms. The van der Waals surface area contributed by atoms with Gasteiger partial charge in [0.1, 0.15) is 6.54 Å². The number of likely N-dealkylation sites (N-methyl/N-ethyl adjacent to an activating group) is 1. The number of hydrogen-bond acceptors (Lipinski definition) is 5. The number of benzene rings is 1. The maximum Gasteiger partial charge on any atom is 0.323 e.